The van der Waals surface area contributed by atoms with Gasteiger partial charge in [0.05, 0.1) is 11.6 Å². The van der Waals surface area contributed by atoms with Gasteiger partial charge >= 0.3 is 0 Å². The molecule has 3 heteroatoms. The largest absolute Gasteiger partial charge is 0.477 e. The Morgan fingerprint density at radius 2 is 1.83 bits per heavy atom. The Balaban J connectivity index is 1.99. The molecule has 1 heterocycles. The van der Waals surface area contributed by atoms with E-state index < -0.39 is 5.41 Å². The molecule has 1 aliphatic heterocycles. The zero-order valence-corrected chi connectivity index (χ0v) is 10.7. The van der Waals surface area contributed by atoms with Gasteiger partial charge in [0.2, 0.25) is 5.90 Å². The third-order valence-corrected chi connectivity index (χ3v) is 3.69. The fourth-order valence-corrected chi connectivity index (χ4v) is 2.72. The number of fused-ring (bicyclic) bond motifs is 1. The Hall–Kier alpha value is -1.82. The van der Waals surface area contributed by atoms with E-state index in [2.05, 4.69) is 23.2 Å². The minimum absolute atomic E-state index is 0.200. The standard InChI is InChI=1S/C15H16N2O/c1-14(2)10-18-13(17-14)15(9-16)7-11-5-3-4-6-12(11)8-15/h3-6H,7-8,10H2,1-2H3. The highest BCUT2D eigenvalue weighted by Gasteiger charge is 2.47. The molecule has 0 saturated carbocycles. The molecular formula is C15H16N2O. The van der Waals surface area contributed by atoms with Crippen molar-refractivity contribution in [1.29, 1.82) is 5.26 Å². The Kier molecular flexibility index (Phi) is 2.25. The molecule has 0 atom stereocenters. The molecular weight excluding hydrogens is 224 g/mol. The van der Waals surface area contributed by atoms with Gasteiger partial charge in [0.25, 0.3) is 0 Å². The van der Waals surface area contributed by atoms with Crippen molar-refractivity contribution in [2.45, 2.75) is 32.2 Å². The number of rotatable bonds is 1. The van der Waals surface area contributed by atoms with E-state index >= 15 is 0 Å². The maximum Gasteiger partial charge on any atom is 0.205 e. The lowest BCUT2D eigenvalue weighted by Crippen LogP contribution is -2.30. The Bertz CT molecular complexity index is 541. The smallest absolute Gasteiger partial charge is 0.205 e. The van der Waals surface area contributed by atoms with Crippen LogP contribution in [0.15, 0.2) is 29.3 Å². The van der Waals surface area contributed by atoms with Crippen molar-refractivity contribution >= 4 is 5.90 Å². The maximum atomic E-state index is 9.61. The summed E-state index contributed by atoms with van der Waals surface area (Å²) in [7, 11) is 0. The molecule has 1 aromatic carbocycles. The number of nitrogens with zero attached hydrogens (tertiary/aromatic N) is 2. The molecule has 1 aliphatic carbocycles. The van der Waals surface area contributed by atoms with Gasteiger partial charge in [0.1, 0.15) is 12.0 Å². The number of benzene rings is 1. The van der Waals surface area contributed by atoms with Gasteiger partial charge in [-0.05, 0) is 25.0 Å². The summed E-state index contributed by atoms with van der Waals surface area (Å²) in [5.74, 6) is 0.631. The monoisotopic (exact) mass is 240 g/mol. The predicted molar refractivity (Wildman–Crippen MR) is 69.4 cm³/mol. The highest BCUT2D eigenvalue weighted by molar-refractivity contribution is 5.88. The molecule has 0 fully saturated rings. The fraction of sp³-hybridized carbons (Fsp3) is 0.467. The van der Waals surface area contributed by atoms with Crippen LogP contribution in [0.25, 0.3) is 0 Å². The summed E-state index contributed by atoms with van der Waals surface area (Å²) in [5.41, 5.74) is 1.70. The van der Waals surface area contributed by atoms with E-state index in [1.165, 1.54) is 11.1 Å². The van der Waals surface area contributed by atoms with Crippen molar-refractivity contribution in [2.75, 3.05) is 6.61 Å². The molecule has 0 amide bonds. The van der Waals surface area contributed by atoms with Crippen LogP contribution >= 0.6 is 0 Å². The van der Waals surface area contributed by atoms with Gasteiger partial charge in [-0.3, -0.25) is 0 Å². The molecule has 2 aliphatic rings. The van der Waals surface area contributed by atoms with E-state index in [9.17, 15) is 5.26 Å². The van der Waals surface area contributed by atoms with E-state index in [0.29, 0.717) is 25.3 Å². The molecule has 0 radical (unpaired) electrons. The van der Waals surface area contributed by atoms with Crippen molar-refractivity contribution in [3.05, 3.63) is 35.4 Å². The van der Waals surface area contributed by atoms with Crippen LogP contribution in [0.2, 0.25) is 0 Å². The Labute approximate surface area is 107 Å². The van der Waals surface area contributed by atoms with E-state index in [1.807, 2.05) is 26.0 Å². The maximum absolute atomic E-state index is 9.61. The van der Waals surface area contributed by atoms with Crippen molar-refractivity contribution < 1.29 is 4.74 Å². The van der Waals surface area contributed by atoms with E-state index in [-0.39, 0.29) is 5.54 Å². The fourth-order valence-electron chi connectivity index (χ4n) is 2.72. The van der Waals surface area contributed by atoms with Crippen LogP contribution in [0.5, 0.6) is 0 Å². The topological polar surface area (TPSA) is 45.4 Å². The van der Waals surface area contributed by atoms with Gasteiger partial charge in [-0.1, -0.05) is 24.3 Å². The lowest BCUT2D eigenvalue weighted by molar-refractivity contribution is 0.256. The summed E-state index contributed by atoms with van der Waals surface area (Å²) in [6, 6.07) is 10.7. The Morgan fingerprint density at radius 3 is 2.28 bits per heavy atom. The van der Waals surface area contributed by atoms with Crippen LogP contribution in [0, 0.1) is 16.7 Å². The first-order valence-electron chi connectivity index (χ1n) is 6.26. The second kappa shape index (κ2) is 3.58. The summed E-state index contributed by atoms with van der Waals surface area (Å²) in [6.45, 7) is 4.64. The molecule has 0 saturated heterocycles. The number of hydrogen-bond donors (Lipinski definition) is 0. The second-order valence-corrected chi connectivity index (χ2v) is 5.83. The first-order chi connectivity index (χ1) is 8.55. The van der Waals surface area contributed by atoms with Crippen LogP contribution < -0.4 is 0 Å². The summed E-state index contributed by atoms with van der Waals surface area (Å²) >= 11 is 0. The number of aliphatic imine (C=N–C) groups is 1. The Morgan fingerprint density at radius 1 is 1.22 bits per heavy atom. The third-order valence-electron chi connectivity index (χ3n) is 3.69. The van der Waals surface area contributed by atoms with E-state index in [0.717, 1.165) is 0 Å². The first-order valence-corrected chi connectivity index (χ1v) is 6.26. The first kappa shape index (κ1) is 11.3. The number of hydrogen-bond acceptors (Lipinski definition) is 3. The zero-order chi connectivity index (χ0) is 12.8. The highest BCUT2D eigenvalue weighted by atomic mass is 16.5. The molecule has 18 heavy (non-hydrogen) atoms. The minimum Gasteiger partial charge on any atom is -0.477 e. The average Bonchev–Trinajstić information content (AvgIpc) is 2.90. The molecule has 0 spiro atoms. The van der Waals surface area contributed by atoms with Gasteiger partial charge < -0.3 is 4.74 Å². The summed E-state index contributed by atoms with van der Waals surface area (Å²) < 4.78 is 5.71. The van der Waals surface area contributed by atoms with Gasteiger partial charge in [0, 0.05) is 12.8 Å². The zero-order valence-electron chi connectivity index (χ0n) is 10.7. The van der Waals surface area contributed by atoms with Crippen LogP contribution in [0.3, 0.4) is 0 Å². The molecule has 1 aromatic rings. The van der Waals surface area contributed by atoms with Crippen LogP contribution in [0.1, 0.15) is 25.0 Å². The van der Waals surface area contributed by atoms with Gasteiger partial charge in [0.15, 0.2) is 0 Å². The SMILES string of the molecule is CC1(C)COC(C2(C#N)Cc3ccccc3C2)=N1. The summed E-state index contributed by atoms with van der Waals surface area (Å²) in [6.07, 6.45) is 1.43. The third kappa shape index (κ3) is 1.60. The van der Waals surface area contributed by atoms with Crippen molar-refractivity contribution in [3.63, 3.8) is 0 Å². The van der Waals surface area contributed by atoms with Crippen LogP contribution in [-0.2, 0) is 17.6 Å². The molecule has 0 N–H and O–H groups in total. The molecule has 92 valence electrons. The van der Waals surface area contributed by atoms with Crippen LogP contribution in [-0.4, -0.2) is 18.0 Å². The molecule has 0 aromatic heterocycles. The lowest BCUT2D eigenvalue weighted by Gasteiger charge is -2.19. The quantitative estimate of drug-likeness (QED) is 0.757. The molecule has 0 bridgehead atoms. The minimum atomic E-state index is -0.586. The van der Waals surface area contributed by atoms with E-state index in [1.54, 1.807) is 0 Å². The summed E-state index contributed by atoms with van der Waals surface area (Å²) in [4.78, 5) is 4.60. The molecule has 0 unspecified atom stereocenters. The molecule has 3 rings (SSSR count). The normalized spacial score (nSPS) is 22.8. The van der Waals surface area contributed by atoms with Crippen LogP contribution in [0.4, 0.5) is 0 Å². The highest BCUT2D eigenvalue weighted by Crippen LogP contribution is 2.40. The number of nitriles is 1. The van der Waals surface area contributed by atoms with E-state index in [4.69, 9.17) is 4.74 Å². The molecule has 3 nitrogen and oxygen atoms in total. The van der Waals surface area contributed by atoms with Gasteiger partial charge in [-0.25, -0.2) is 4.99 Å². The average molecular weight is 240 g/mol. The van der Waals surface area contributed by atoms with Crippen molar-refractivity contribution in [3.8, 4) is 6.07 Å². The number of ether oxygens (including phenoxy) is 1. The lowest BCUT2D eigenvalue weighted by atomic mass is 9.86. The predicted octanol–water partition coefficient (Wildman–Crippen LogP) is 2.50. The van der Waals surface area contributed by atoms with Crippen molar-refractivity contribution in [2.24, 2.45) is 10.4 Å². The summed E-state index contributed by atoms with van der Waals surface area (Å²) in [5, 5.41) is 9.61. The van der Waals surface area contributed by atoms with Crippen molar-refractivity contribution in [1.82, 2.24) is 0 Å². The van der Waals surface area contributed by atoms with Gasteiger partial charge in [-0.2, -0.15) is 5.26 Å². The second-order valence-electron chi connectivity index (χ2n) is 5.83. The van der Waals surface area contributed by atoms with Gasteiger partial charge in [-0.15, -0.1) is 0 Å².